The third kappa shape index (κ3) is 5.99. The third-order valence-corrected chi connectivity index (χ3v) is 10.6. The minimum atomic E-state index is -0.931. The van der Waals surface area contributed by atoms with Gasteiger partial charge in [0.1, 0.15) is 18.6 Å². The molecule has 258 valence electrons. The molecule has 7 nitrogen and oxygen atoms in total. The molecule has 0 saturated carbocycles. The fourth-order valence-corrected chi connectivity index (χ4v) is 7.59. The Morgan fingerprint density at radius 3 is 2.06 bits per heavy atom. The zero-order valence-electron chi connectivity index (χ0n) is 30.5. The molecule has 1 aliphatic carbocycles. The number of carboxylic acids is 2. The van der Waals surface area contributed by atoms with Crippen LogP contribution in [0.5, 0.6) is 5.75 Å². The van der Waals surface area contributed by atoms with Crippen LogP contribution < -0.4 is 9.64 Å². The number of allylic oxidation sites excluding steroid dienone is 7. The van der Waals surface area contributed by atoms with Crippen molar-refractivity contribution in [3.05, 3.63) is 135 Å². The highest BCUT2D eigenvalue weighted by Crippen LogP contribution is 2.48. The van der Waals surface area contributed by atoms with Crippen LogP contribution in [-0.4, -0.2) is 46.5 Å². The molecule has 0 saturated heterocycles. The summed E-state index contributed by atoms with van der Waals surface area (Å²) in [5.74, 6) is -0.264. The Balaban J connectivity index is 1.39. The molecule has 0 atom stereocenters. The number of likely N-dealkylation sites (N-methyl/N-ethyl adjacent to an activating group) is 1. The summed E-state index contributed by atoms with van der Waals surface area (Å²) in [5.41, 5.74) is 9.33. The summed E-state index contributed by atoms with van der Waals surface area (Å²) < 4.78 is 8.87. The van der Waals surface area contributed by atoms with Gasteiger partial charge in [0.2, 0.25) is 5.69 Å². The number of rotatable bonds is 7. The number of aromatic carboxylic acids is 2. The molecule has 3 aliphatic rings. The first-order valence-electron chi connectivity index (χ1n) is 17.1. The fraction of sp³-hybridized carbons (Fsp3) is 0.326. The van der Waals surface area contributed by atoms with E-state index in [4.69, 9.17) is 4.74 Å². The van der Waals surface area contributed by atoms with E-state index in [0.717, 1.165) is 69.4 Å². The van der Waals surface area contributed by atoms with Crippen LogP contribution in [0.2, 0.25) is 0 Å². The smallest absolute Gasteiger partial charge is 0.335 e. The van der Waals surface area contributed by atoms with Gasteiger partial charge in [-0.25, -0.2) is 9.59 Å². The van der Waals surface area contributed by atoms with Crippen molar-refractivity contribution in [1.29, 1.82) is 0 Å². The molecule has 50 heavy (non-hydrogen) atoms. The lowest BCUT2D eigenvalue weighted by Gasteiger charge is -2.24. The van der Waals surface area contributed by atoms with Crippen molar-refractivity contribution < 1.29 is 29.1 Å². The van der Waals surface area contributed by atoms with E-state index in [1.165, 1.54) is 5.56 Å². The van der Waals surface area contributed by atoms with Crippen LogP contribution in [0.3, 0.4) is 0 Å². The molecule has 0 spiro atoms. The maximum Gasteiger partial charge on any atom is 0.335 e. The Hall–Kier alpha value is -5.17. The van der Waals surface area contributed by atoms with E-state index in [1.54, 1.807) is 24.3 Å². The quantitative estimate of drug-likeness (QED) is 0.244. The molecule has 2 heterocycles. The lowest BCUT2D eigenvalue weighted by atomic mass is 9.80. The van der Waals surface area contributed by atoms with Gasteiger partial charge in [0.15, 0.2) is 5.71 Å². The molecule has 7 heteroatoms. The fourth-order valence-electron chi connectivity index (χ4n) is 7.59. The molecule has 0 fully saturated rings. The number of hydrogen-bond acceptors (Lipinski definition) is 4. The first-order valence-corrected chi connectivity index (χ1v) is 17.1. The van der Waals surface area contributed by atoms with Gasteiger partial charge in [0.05, 0.1) is 16.5 Å². The van der Waals surface area contributed by atoms with E-state index in [1.807, 2.05) is 38.4 Å². The van der Waals surface area contributed by atoms with E-state index in [-0.39, 0.29) is 16.5 Å². The second-order valence-electron chi connectivity index (χ2n) is 15.6. The van der Waals surface area contributed by atoms with Crippen LogP contribution >= 0.6 is 0 Å². The molecular weight excluding hydrogens is 624 g/mol. The predicted molar refractivity (Wildman–Crippen MR) is 199 cm³/mol. The van der Waals surface area contributed by atoms with Gasteiger partial charge in [-0.05, 0) is 109 Å². The van der Waals surface area contributed by atoms with Gasteiger partial charge in [-0.2, -0.15) is 4.58 Å². The number of hydrogen-bond donors (Lipinski definition) is 2. The molecule has 2 N–H and O–H groups in total. The van der Waals surface area contributed by atoms with E-state index in [9.17, 15) is 19.8 Å². The number of fused-ring (bicyclic) bond motifs is 2. The minimum Gasteiger partial charge on any atom is -0.478 e. The van der Waals surface area contributed by atoms with Gasteiger partial charge < -0.3 is 19.8 Å². The van der Waals surface area contributed by atoms with Crippen LogP contribution in [-0.2, 0) is 16.2 Å². The Morgan fingerprint density at radius 1 is 0.820 bits per heavy atom. The minimum absolute atomic E-state index is 0.0271. The van der Waals surface area contributed by atoms with Crippen molar-refractivity contribution in [1.82, 2.24) is 0 Å². The second-order valence-corrected chi connectivity index (χ2v) is 15.6. The van der Waals surface area contributed by atoms with Gasteiger partial charge in [-0.3, -0.25) is 0 Å². The highest BCUT2D eigenvalue weighted by atomic mass is 16.5. The number of ether oxygens (including phenoxy) is 1. The number of carboxylic acid groups (broad SMARTS) is 2. The highest BCUT2D eigenvalue weighted by molar-refractivity contribution is 6.04. The van der Waals surface area contributed by atoms with Crippen molar-refractivity contribution in [3.8, 4) is 5.75 Å². The number of nitrogens with zero attached hydrogens (tertiary/aromatic N) is 2. The third-order valence-electron chi connectivity index (χ3n) is 10.6. The topological polar surface area (TPSA) is 90.1 Å². The largest absolute Gasteiger partial charge is 0.478 e. The summed E-state index contributed by atoms with van der Waals surface area (Å²) in [6.07, 6.45) is 10.2. The van der Waals surface area contributed by atoms with Crippen molar-refractivity contribution in [2.75, 3.05) is 19.0 Å². The number of anilines is 1. The average molecular weight is 672 g/mol. The van der Waals surface area contributed by atoms with Gasteiger partial charge in [0, 0.05) is 41.6 Å². The summed E-state index contributed by atoms with van der Waals surface area (Å²) in [6.45, 7) is 15.1. The molecule has 0 unspecified atom stereocenters. The molecule has 6 rings (SSSR count). The van der Waals surface area contributed by atoms with Crippen LogP contribution in [0.1, 0.15) is 98.7 Å². The summed E-state index contributed by atoms with van der Waals surface area (Å²) in [4.78, 5) is 25.7. The van der Waals surface area contributed by atoms with E-state index in [0.29, 0.717) is 0 Å². The highest BCUT2D eigenvalue weighted by Gasteiger charge is 2.43. The van der Waals surface area contributed by atoms with E-state index >= 15 is 0 Å². The van der Waals surface area contributed by atoms with Crippen molar-refractivity contribution in [2.24, 2.45) is 0 Å². The molecule has 0 radical (unpaired) electrons. The Morgan fingerprint density at radius 2 is 1.44 bits per heavy atom. The summed E-state index contributed by atoms with van der Waals surface area (Å²) in [5, 5.41) is 19.3. The molecule has 0 aromatic heterocycles. The Kier molecular flexibility index (Phi) is 8.54. The van der Waals surface area contributed by atoms with Crippen molar-refractivity contribution in [3.63, 3.8) is 0 Å². The van der Waals surface area contributed by atoms with Gasteiger partial charge in [-0.15, -0.1) is 0 Å². The van der Waals surface area contributed by atoms with Crippen molar-refractivity contribution >= 4 is 29.0 Å². The van der Waals surface area contributed by atoms with Crippen molar-refractivity contribution in [2.45, 2.75) is 77.6 Å². The zero-order chi connectivity index (χ0) is 36.3. The standard InChI is InChI=1S/C43H46N2O5/c1-41(2,3)30-16-18-31(19-17-30)50-38-26(14-22-36-42(4,5)32-24-28(39(46)47)12-20-34(32)44(36)8)10-11-27(38)15-23-37-43(6,7)33-25-29(40(48)49)13-21-35(33)45(37)9/h12-25H,10-11H2,1-9H3,(H-,46,47,48,49)/p+1. The normalized spacial score (nSPS) is 19.6. The predicted octanol–water partition coefficient (Wildman–Crippen LogP) is 9.31. The summed E-state index contributed by atoms with van der Waals surface area (Å²) in [6, 6.07) is 19.0. The van der Waals surface area contributed by atoms with Crippen LogP contribution in [0.4, 0.5) is 11.4 Å². The lowest BCUT2D eigenvalue weighted by molar-refractivity contribution is -0.401. The molecule has 0 amide bonds. The molecule has 2 aliphatic heterocycles. The Labute approximate surface area is 295 Å². The lowest BCUT2D eigenvalue weighted by Crippen LogP contribution is -2.26. The maximum atomic E-state index is 11.8. The summed E-state index contributed by atoms with van der Waals surface area (Å²) in [7, 11) is 4.05. The monoisotopic (exact) mass is 671 g/mol. The van der Waals surface area contributed by atoms with Crippen LogP contribution in [0.15, 0.2) is 108 Å². The number of carbonyl (C=O) groups is 2. The second kappa shape index (κ2) is 12.3. The Bertz CT molecular complexity index is 2080. The maximum absolute atomic E-state index is 11.8. The first-order chi connectivity index (χ1) is 23.4. The first kappa shape index (κ1) is 34.7. The average Bonchev–Trinajstić information content (AvgIpc) is 3.59. The van der Waals surface area contributed by atoms with E-state index < -0.39 is 22.8 Å². The SMILES string of the molecule is CN1C(=CC=C2CCC(C=CC3=[N+](C)c4ccc(C(=O)O)cc4C3(C)C)=C2Oc2ccc(C(C)(C)C)cc2)C(C)(C)c2cc(C(=O)O)ccc21. The number of benzene rings is 3. The van der Waals surface area contributed by atoms with Gasteiger partial charge in [-0.1, -0.05) is 52.8 Å². The molecule has 3 aromatic carbocycles. The van der Waals surface area contributed by atoms with Gasteiger partial charge in [0.25, 0.3) is 0 Å². The molecule has 0 bridgehead atoms. The summed E-state index contributed by atoms with van der Waals surface area (Å²) >= 11 is 0. The van der Waals surface area contributed by atoms with Crippen LogP contribution in [0.25, 0.3) is 0 Å². The van der Waals surface area contributed by atoms with E-state index in [2.05, 4.69) is 94.4 Å². The molecular formula is C43H47N2O5+. The zero-order valence-corrected chi connectivity index (χ0v) is 30.5. The van der Waals surface area contributed by atoms with Crippen LogP contribution in [0, 0.1) is 0 Å². The van der Waals surface area contributed by atoms with Gasteiger partial charge >= 0.3 is 11.9 Å². The molecule has 3 aromatic rings.